The van der Waals surface area contributed by atoms with Crippen LogP contribution in [0.15, 0.2) is 12.3 Å². The average molecular weight is 302 g/mol. The Morgan fingerprint density at radius 3 is 2.77 bits per heavy atom. The van der Waals surface area contributed by atoms with Crippen molar-refractivity contribution in [3.63, 3.8) is 0 Å². The lowest BCUT2D eigenvalue weighted by Crippen LogP contribution is -2.40. The molecule has 0 radical (unpaired) electrons. The number of hydrogen-bond donors (Lipinski definition) is 0. The molecule has 0 saturated carbocycles. The maximum atomic E-state index is 12.8. The number of nitrogens with zero attached hydrogens (tertiary/aromatic N) is 4. The van der Waals surface area contributed by atoms with Gasteiger partial charge in [0.15, 0.2) is 5.65 Å². The second kappa shape index (κ2) is 6.04. The minimum atomic E-state index is 0.0162. The van der Waals surface area contributed by atoms with Crippen molar-refractivity contribution < 1.29 is 9.53 Å². The van der Waals surface area contributed by atoms with Gasteiger partial charge in [-0.15, -0.1) is 0 Å². The van der Waals surface area contributed by atoms with Crippen LogP contribution in [0, 0.1) is 13.8 Å². The van der Waals surface area contributed by atoms with Crippen molar-refractivity contribution in [2.24, 2.45) is 0 Å². The van der Waals surface area contributed by atoms with Gasteiger partial charge in [-0.05, 0) is 39.7 Å². The molecule has 6 heteroatoms. The molecule has 0 aromatic carbocycles. The molecule has 0 N–H and O–H groups in total. The second-order valence-electron chi connectivity index (χ2n) is 5.78. The number of fused-ring (bicyclic) bond motifs is 1. The molecule has 1 amide bonds. The first kappa shape index (κ1) is 15.0. The van der Waals surface area contributed by atoms with Gasteiger partial charge in [0.25, 0.3) is 5.91 Å². The third kappa shape index (κ3) is 2.70. The summed E-state index contributed by atoms with van der Waals surface area (Å²) in [5.74, 6) is 0.0162. The van der Waals surface area contributed by atoms with Crippen LogP contribution in [-0.2, 0) is 4.74 Å². The summed E-state index contributed by atoms with van der Waals surface area (Å²) in [5, 5.41) is 4.30. The van der Waals surface area contributed by atoms with Gasteiger partial charge in [-0.1, -0.05) is 0 Å². The van der Waals surface area contributed by atoms with Crippen LogP contribution in [0.3, 0.4) is 0 Å². The Kier molecular flexibility index (Phi) is 4.11. The van der Waals surface area contributed by atoms with Crippen LogP contribution in [0.5, 0.6) is 0 Å². The molecular formula is C16H22N4O2. The highest BCUT2D eigenvalue weighted by Gasteiger charge is 2.26. The second-order valence-corrected chi connectivity index (χ2v) is 5.78. The van der Waals surface area contributed by atoms with Crippen molar-refractivity contribution in [1.29, 1.82) is 0 Å². The molecule has 0 aliphatic carbocycles. The highest BCUT2D eigenvalue weighted by atomic mass is 16.5. The summed E-state index contributed by atoms with van der Waals surface area (Å²) in [6.07, 6.45) is 3.70. The third-order valence-electron chi connectivity index (χ3n) is 4.14. The van der Waals surface area contributed by atoms with Gasteiger partial charge < -0.3 is 9.64 Å². The predicted molar refractivity (Wildman–Crippen MR) is 83.0 cm³/mol. The summed E-state index contributed by atoms with van der Waals surface area (Å²) < 4.78 is 7.37. The minimum Gasteiger partial charge on any atom is -0.378 e. The summed E-state index contributed by atoms with van der Waals surface area (Å²) >= 11 is 0. The molecule has 1 fully saturated rings. The molecule has 3 rings (SSSR count). The van der Waals surface area contributed by atoms with Crippen LogP contribution in [0.2, 0.25) is 0 Å². The Hall–Kier alpha value is -1.95. The van der Waals surface area contributed by atoms with E-state index >= 15 is 0 Å². The normalized spacial score (nSPS) is 16.4. The number of carbonyl (C=O) groups excluding carboxylic acids is 1. The van der Waals surface area contributed by atoms with E-state index in [0.29, 0.717) is 11.2 Å². The van der Waals surface area contributed by atoms with Crippen LogP contribution in [0.1, 0.15) is 41.5 Å². The van der Waals surface area contributed by atoms with Crippen molar-refractivity contribution in [1.82, 2.24) is 19.5 Å². The molecule has 1 aliphatic rings. The molecule has 0 unspecified atom stereocenters. The van der Waals surface area contributed by atoms with Gasteiger partial charge in [-0.2, -0.15) is 5.10 Å². The van der Waals surface area contributed by atoms with Gasteiger partial charge in [-0.25, -0.2) is 9.50 Å². The molecule has 118 valence electrons. The minimum absolute atomic E-state index is 0.0162. The Morgan fingerprint density at radius 1 is 1.36 bits per heavy atom. The number of aromatic nitrogens is 3. The smallest absolute Gasteiger partial charge is 0.259 e. The van der Waals surface area contributed by atoms with Crippen LogP contribution < -0.4 is 0 Å². The molecule has 3 heterocycles. The fourth-order valence-electron chi connectivity index (χ4n) is 3.05. The molecule has 0 atom stereocenters. The summed E-state index contributed by atoms with van der Waals surface area (Å²) in [5.41, 5.74) is 3.11. The molecule has 1 aliphatic heterocycles. The Morgan fingerprint density at radius 2 is 2.09 bits per heavy atom. The van der Waals surface area contributed by atoms with Crippen molar-refractivity contribution in [3.8, 4) is 0 Å². The van der Waals surface area contributed by atoms with E-state index in [1.54, 1.807) is 10.7 Å². The molecule has 2 aromatic heterocycles. The lowest BCUT2D eigenvalue weighted by molar-refractivity contribution is 0.0146. The Balaban J connectivity index is 1.81. The van der Waals surface area contributed by atoms with E-state index < -0.39 is 0 Å². The lowest BCUT2D eigenvalue weighted by atomic mass is 10.1. The highest BCUT2D eigenvalue weighted by molar-refractivity contribution is 5.99. The molecule has 0 spiro atoms. The fraction of sp³-hybridized carbons (Fsp3) is 0.562. The van der Waals surface area contributed by atoms with Crippen LogP contribution >= 0.6 is 0 Å². The third-order valence-corrected chi connectivity index (χ3v) is 4.14. The molecular weight excluding hydrogens is 280 g/mol. The maximum Gasteiger partial charge on any atom is 0.259 e. The summed E-state index contributed by atoms with van der Waals surface area (Å²) in [6, 6.07) is 1.96. The van der Waals surface area contributed by atoms with E-state index in [1.165, 1.54) is 0 Å². The fourth-order valence-corrected chi connectivity index (χ4v) is 3.05. The summed E-state index contributed by atoms with van der Waals surface area (Å²) in [7, 11) is 0. The monoisotopic (exact) mass is 302 g/mol. The van der Waals surface area contributed by atoms with E-state index in [9.17, 15) is 4.79 Å². The average Bonchev–Trinajstić information content (AvgIpc) is 2.91. The molecule has 1 saturated heterocycles. The number of hydrogen-bond acceptors (Lipinski definition) is 4. The van der Waals surface area contributed by atoms with Crippen molar-refractivity contribution in [2.75, 3.05) is 19.7 Å². The topological polar surface area (TPSA) is 59.7 Å². The number of ether oxygens (including phenoxy) is 1. The van der Waals surface area contributed by atoms with Crippen LogP contribution in [0.4, 0.5) is 0 Å². The standard InChI is InChI=1S/C16H22N4O2/c1-4-22-13-5-7-19(8-6-13)16(21)14-10-17-20-12(3)9-11(2)18-15(14)20/h9-10,13H,4-8H2,1-3H3. The van der Waals surface area contributed by atoms with E-state index in [4.69, 9.17) is 4.74 Å². The van der Waals surface area contributed by atoms with Crippen LogP contribution in [-0.4, -0.2) is 51.2 Å². The molecule has 0 bridgehead atoms. The highest BCUT2D eigenvalue weighted by Crippen LogP contribution is 2.19. The van der Waals surface area contributed by atoms with E-state index in [0.717, 1.165) is 43.9 Å². The number of piperidine rings is 1. The first-order valence-electron chi connectivity index (χ1n) is 7.83. The number of likely N-dealkylation sites (tertiary alicyclic amines) is 1. The Labute approximate surface area is 130 Å². The SMILES string of the molecule is CCOC1CCN(C(=O)c2cnn3c(C)cc(C)nc23)CC1. The zero-order valence-electron chi connectivity index (χ0n) is 13.4. The largest absolute Gasteiger partial charge is 0.378 e. The number of carbonyl (C=O) groups is 1. The maximum absolute atomic E-state index is 12.8. The van der Waals surface area contributed by atoms with Crippen molar-refractivity contribution in [3.05, 3.63) is 29.2 Å². The van der Waals surface area contributed by atoms with E-state index in [2.05, 4.69) is 10.1 Å². The number of aryl methyl sites for hydroxylation is 2. The van der Waals surface area contributed by atoms with E-state index in [-0.39, 0.29) is 12.0 Å². The van der Waals surface area contributed by atoms with Gasteiger partial charge in [0.1, 0.15) is 5.56 Å². The zero-order valence-corrected chi connectivity index (χ0v) is 13.4. The van der Waals surface area contributed by atoms with Gasteiger partial charge in [0, 0.05) is 31.1 Å². The molecule has 6 nitrogen and oxygen atoms in total. The number of amides is 1. The summed E-state index contributed by atoms with van der Waals surface area (Å²) in [6.45, 7) is 8.09. The Bertz CT molecular complexity index is 687. The molecule has 2 aromatic rings. The first-order valence-corrected chi connectivity index (χ1v) is 7.83. The van der Waals surface area contributed by atoms with Gasteiger partial charge in [0.05, 0.1) is 12.3 Å². The predicted octanol–water partition coefficient (Wildman–Crippen LogP) is 1.99. The van der Waals surface area contributed by atoms with Crippen molar-refractivity contribution >= 4 is 11.6 Å². The van der Waals surface area contributed by atoms with Gasteiger partial charge in [0.2, 0.25) is 0 Å². The van der Waals surface area contributed by atoms with E-state index in [1.807, 2.05) is 31.7 Å². The van der Waals surface area contributed by atoms with Gasteiger partial charge >= 0.3 is 0 Å². The quantitative estimate of drug-likeness (QED) is 0.870. The first-order chi connectivity index (χ1) is 10.6. The number of rotatable bonds is 3. The lowest BCUT2D eigenvalue weighted by Gasteiger charge is -2.31. The van der Waals surface area contributed by atoms with Crippen LogP contribution in [0.25, 0.3) is 5.65 Å². The van der Waals surface area contributed by atoms with Gasteiger partial charge in [-0.3, -0.25) is 4.79 Å². The zero-order chi connectivity index (χ0) is 15.7. The summed E-state index contributed by atoms with van der Waals surface area (Å²) in [4.78, 5) is 19.1. The molecule has 22 heavy (non-hydrogen) atoms. The van der Waals surface area contributed by atoms with Crippen molar-refractivity contribution in [2.45, 2.75) is 39.7 Å².